The van der Waals surface area contributed by atoms with Crippen LogP contribution in [0.25, 0.3) is 0 Å². The largest absolute Gasteiger partial charge is 0.390 e. The number of piperidine rings is 1. The summed E-state index contributed by atoms with van der Waals surface area (Å²) in [5, 5.41) is 9.87. The van der Waals surface area contributed by atoms with E-state index in [4.69, 9.17) is 0 Å². The minimum absolute atomic E-state index is 0.0590. The van der Waals surface area contributed by atoms with Crippen molar-refractivity contribution < 1.29 is 5.11 Å². The molecule has 1 saturated heterocycles. The summed E-state index contributed by atoms with van der Waals surface area (Å²) in [5.41, 5.74) is 2.81. The standard InChI is InChI=1S/C22H31N3O2/c1-16-23-20(13-21(26)24-16)19-5-4-12-25(15-19)14-18-8-6-17(7-9-18)10-11-22(2,3)27/h6-9,13,19,27H,4-5,10-12,14-15H2,1-3H3,(H,23,24,26). The van der Waals surface area contributed by atoms with E-state index in [1.807, 2.05) is 20.8 Å². The first-order valence-electron chi connectivity index (χ1n) is 9.89. The molecule has 1 aliphatic rings. The fraction of sp³-hybridized carbons (Fsp3) is 0.545. The Hall–Kier alpha value is -1.98. The third-order valence-electron chi connectivity index (χ3n) is 5.26. The van der Waals surface area contributed by atoms with E-state index in [9.17, 15) is 9.90 Å². The summed E-state index contributed by atoms with van der Waals surface area (Å²) in [6.45, 7) is 8.49. The van der Waals surface area contributed by atoms with E-state index in [2.05, 4.69) is 39.1 Å². The molecule has 0 spiro atoms. The molecule has 1 aromatic carbocycles. The molecule has 5 heteroatoms. The van der Waals surface area contributed by atoms with Crippen LogP contribution in [0, 0.1) is 6.92 Å². The van der Waals surface area contributed by atoms with Gasteiger partial charge in [0.1, 0.15) is 5.82 Å². The minimum atomic E-state index is -0.618. The zero-order valence-corrected chi connectivity index (χ0v) is 16.7. The maximum Gasteiger partial charge on any atom is 0.251 e. The lowest BCUT2D eigenvalue weighted by Gasteiger charge is -2.32. The molecule has 5 nitrogen and oxygen atoms in total. The van der Waals surface area contributed by atoms with Gasteiger partial charge in [-0.15, -0.1) is 0 Å². The lowest BCUT2D eigenvalue weighted by atomic mass is 9.94. The third kappa shape index (κ3) is 6.01. The number of hydrogen-bond acceptors (Lipinski definition) is 4. The fourth-order valence-electron chi connectivity index (χ4n) is 3.77. The van der Waals surface area contributed by atoms with Gasteiger partial charge in [-0.2, -0.15) is 0 Å². The average molecular weight is 370 g/mol. The van der Waals surface area contributed by atoms with Crippen molar-refractivity contribution in [2.45, 2.75) is 64.5 Å². The summed E-state index contributed by atoms with van der Waals surface area (Å²) in [6.07, 6.45) is 3.87. The summed E-state index contributed by atoms with van der Waals surface area (Å²) in [5.74, 6) is 1.02. The van der Waals surface area contributed by atoms with Crippen molar-refractivity contribution in [3.8, 4) is 0 Å². The second-order valence-electron chi connectivity index (χ2n) is 8.46. The zero-order valence-electron chi connectivity index (χ0n) is 16.7. The van der Waals surface area contributed by atoms with Crippen molar-refractivity contribution in [2.75, 3.05) is 13.1 Å². The van der Waals surface area contributed by atoms with E-state index in [-0.39, 0.29) is 5.56 Å². The molecule has 1 aliphatic heterocycles. The Morgan fingerprint density at radius 3 is 2.63 bits per heavy atom. The molecule has 1 aromatic heterocycles. The third-order valence-corrected chi connectivity index (χ3v) is 5.26. The van der Waals surface area contributed by atoms with Gasteiger partial charge in [0, 0.05) is 25.1 Å². The average Bonchev–Trinajstić information content (AvgIpc) is 2.60. The second kappa shape index (κ2) is 8.36. The Balaban J connectivity index is 1.59. The van der Waals surface area contributed by atoms with Gasteiger partial charge in [0.15, 0.2) is 0 Å². The molecule has 0 bridgehead atoms. The number of aromatic nitrogens is 2. The van der Waals surface area contributed by atoms with Crippen molar-refractivity contribution in [2.24, 2.45) is 0 Å². The summed E-state index contributed by atoms with van der Waals surface area (Å²) in [7, 11) is 0. The highest BCUT2D eigenvalue weighted by Gasteiger charge is 2.23. The molecule has 2 heterocycles. The first-order chi connectivity index (χ1) is 12.8. The Morgan fingerprint density at radius 2 is 1.96 bits per heavy atom. The molecule has 1 fully saturated rings. The van der Waals surface area contributed by atoms with Gasteiger partial charge in [-0.1, -0.05) is 24.3 Å². The van der Waals surface area contributed by atoms with Crippen LogP contribution in [0.2, 0.25) is 0 Å². The van der Waals surface area contributed by atoms with Crippen LogP contribution in [0.5, 0.6) is 0 Å². The van der Waals surface area contributed by atoms with Gasteiger partial charge in [-0.05, 0) is 64.1 Å². The van der Waals surface area contributed by atoms with Gasteiger partial charge < -0.3 is 10.1 Å². The van der Waals surface area contributed by atoms with E-state index in [0.717, 1.165) is 51.0 Å². The van der Waals surface area contributed by atoms with Gasteiger partial charge in [0.05, 0.1) is 11.3 Å². The predicted octanol–water partition coefficient (Wildman–Crippen LogP) is 3.16. The number of nitrogens with zero attached hydrogens (tertiary/aromatic N) is 2. The van der Waals surface area contributed by atoms with Crippen molar-refractivity contribution in [3.05, 3.63) is 63.3 Å². The van der Waals surface area contributed by atoms with Crippen molar-refractivity contribution >= 4 is 0 Å². The molecule has 0 amide bonds. The van der Waals surface area contributed by atoms with Gasteiger partial charge in [-0.3, -0.25) is 9.69 Å². The van der Waals surface area contributed by atoms with Crippen molar-refractivity contribution in [3.63, 3.8) is 0 Å². The van der Waals surface area contributed by atoms with Gasteiger partial charge in [0.2, 0.25) is 0 Å². The molecule has 2 aromatic rings. The zero-order chi connectivity index (χ0) is 19.4. The molecule has 3 rings (SSSR count). The number of hydrogen-bond donors (Lipinski definition) is 2. The number of benzene rings is 1. The van der Waals surface area contributed by atoms with Crippen molar-refractivity contribution in [1.29, 1.82) is 0 Å². The highest BCUT2D eigenvalue weighted by molar-refractivity contribution is 5.23. The maximum atomic E-state index is 11.7. The topological polar surface area (TPSA) is 69.2 Å². The van der Waals surface area contributed by atoms with Crippen LogP contribution >= 0.6 is 0 Å². The van der Waals surface area contributed by atoms with Gasteiger partial charge in [-0.25, -0.2) is 4.98 Å². The first-order valence-corrected chi connectivity index (χ1v) is 9.89. The Kier molecular flexibility index (Phi) is 6.12. The molecule has 0 aliphatic carbocycles. The minimum Gasteiger partial charge on any atom is -0.390 e. The Bertz CT molecular complexity index is 806. The van der Waals surface area contributed by atoms with E-state index >= 15 is 0 Å². The van der Waals surface area contributed by atoms with Crippen LogP contribution in [-0.4, -0.2) is 38.7 Å². The molecule has 1 atom stereocenters. The Morgan fingerprint density at radius 1 is 1.26 bits per heavy atom. The number of likely N-dealkylation sites (tertiary alicyclic amines) is 1. The van der Waals surface area contributed by atoms with Crippen LogP contribution < -0.4 is 5.56 Å². The number of aliphatic hydroxyl groups is 1. The van der Waals surface area contributed by atoms with Crippen LogP contribution in [-0.2, 0) is 13.0 Å². The van der Waals surface area contributed by atoms with Gasteiger partial charge in [0.25, 0.3) is 5.56 Å². The molecular weight excluding hydrogens is 338 g/mol. The monoisotopic (exact) mass is 369 g/mol. The van der Waals surface area contributed by atoms with Crippen LogP contribution in [0.4, 0.5) is 0 Å². The van der Waals surface area contributed by atoms with E-state index in [0.29, 0.717) is 11.7 Å². The number of rotatable bonds is 6. The highest BCUT2D eigenvalue weighted by atomic mass is 16.3. The van der Waals surface area contributed by atoms with Gasteiger partial charge >= 0.3 is 0 Å². The quantitative estimate of drug-likeness (QED) is 0.821. The summed E-state index contributed by atoms with van der Waals surface area (Å²) in [4.78, 5) is 21.5. The number of H-pyrrole nitrogens is 1. The maximum absolute atomic E-state index is 11.7. The molecule has 146 valence electrons. The number of nitrogens with one attached hydrogen (secondary N) is 1. The molecule has 0 saturated carbocycles. The van der Waals surface area contributed by atoms with E-state index in [1.165, 1.54) is 11.1 Å². The lowest BCUT2D eigenvalue weighted by molar-refractivity contribution is 0.0714. The fourth-order valence-corrected chi connectivity index (χ4v) is 3.77. The number of aromatic amines is 1. The summed E-state index contributed by atoms with van der Waals surface area (Å²) in [6, 6.07) is 10.4. The van der Waals surface area contributed by atoms with Crippen LogP contribution in [0.15, 0.2) is 35.1 Å². The highest BCUT2D eigenvalue weighted by Crippen LogP contribution is 2.26. The van der Waals surface area contributed by atoms with Crippen LogP contribution in [0.3, 0.4) is 0 Å². The molecule has 2 N–H and O–H groups in total. The van der Waals surface area contributed by atoms with E-state index < -0.39 is 5.60 Å². The SMILES string of the molecule is Cc1nc(C2CCCN(Cc3ccc(CCC(C)(C)O)cc3)C2)cc(=O)[nH]1. The first kappa shape index (κ1) is 19.8. The summed E-state index contributed by atoms with van der Waals surface area (Å²) < 4.78 is 0. The van der Waals surface area contributed by atoms with Crippen molar-refractivity contribution in [1.82, 2.24) is 14.9 Å². The molecular formula is C22H31N3O2. The smallest absolute Gasteiger partial charge is 0.251 e. The number of aryl methyl sites for hydroxylation is 2. The summed E-state index contributed by atoms with van der Waals surface area (Å²) >= 11 is 0. The molecule has 0 radical (unpaired) electrons. The molecule has 27 heavy (non-hydrogen) atoms. The van der Waals surface area contributed by atoms with E-state index in [1.54, 1.807) is 6.07 Å². The molecule has 1 unspecified atom stereocenters. The normalized spacial score (nSPS) is 18.6. The Labute approximate surface area is 161 Å². The predicted molar refractivity (Wildman–Crippen MR) is 108 cm³/mol. The lowest BCUT2D eigenvalue weighted by Crippen LogP contribution is -2.34. The van der Waals surface area contributed by atoms with Crippen LogP contribution in [0.1, 0.15) is 61.7 Å². The second-order valence-corrected chi connectivity index (χ2v) is 8.46.